The van der Waals surface area contributed by atoms with Crippen molar-refractivity contribution in [1.29, 1.82) is 0 Å². The Hall–Kier alpha value is -6.46. The first kappa shape index (κ1) is 30.6. The third kappa shape index (κ3) is 5.26. The molecule has 0 aliphatic heterocycles. The molecule has 0 aliphatic carbocycles. The molecule has 9 aromatic rings. The molecule has 0 aliphatic rings. The molecule has 0 nitrogen and oxygen atoms in total. The average Bonchev–Trinajstić information content (AvgIpc) is 3.22. The van der Waals surface area contributed by atoms with Crippen LogP contribution in [-0.4, -0.2) is 8.07 Å². The van der Waals surface area contributed by atoms with Crippen molar-refractivity contribution in [2.45, 2.75) is 0 Å². The highest BCUT2D eigenvalue weighted by Crippen LogP contribution is 2.43. The van der Waals surface area contributed by atoms with Gasteiger partial charge >= 0.3 is 0 Å². The maximum absolute atomic E-state index is 4.09. The van der Waals surface area contributed by atoms with Crippen molar-refractivity contribution >= 4 is 56.0 Å². The second-order valence-electron chi connectivity index (χ2n) is 13.0. The van der Waals surface area contributed by atoms with E-state index in [1.165, 1.54) is 70.1 Å². The number of hydrogen-bond acceptors (Lipinski definition) is 0. The van der Waals surface area contributed by atoms with Crippen LogP contribution in [0.15, 0.2) is 206 Å². The van der Waals surface area contributed by atoms with Gasteiger partial charge < -0.3 is 0 Å². The van der Waals surface area contributed by atoms with Gasteiger partial charge in [0.15, 0.2) is 0 Å². The summed E-state index contributed by atoms with van der Waals surface area (Å²) in [7, 11) is -2.79. The van der Waals surface area contributed by atoms with Crippen molar-refractivity contribution in [3.8, 4) is 33.7 Å². The molecule has 0 unspecified atom stereocenters. The van der Waals surface area contributed by atoms with Gasteiger partial charge in [0.1, 0.15) is 0 Å². The van der Waals surface area contributed by atoms with Crippen LogP contribution in [0, 0.1) is 11.5 Å². The van der Waals surface area contributed by atoms with E-state index in [0.717, 1.165) is 5.56 Å². The predicted molar refractivity (Wildman–Crippen MR) is 221 cm³/mol. The van der Waals surface area contributed by atoms with E-state index in [2.05, 4.69) is 218 Å². The second kappa shape index (κ2) is 13.1. The van der Waals surface area contributed by atoms with E-state index in [0.29, 0.717) is 0 Å². The zero-order valence-corrected chi connectivity index (χ0v) is 29.1. The minimum Gasteiger partial charge on any atom is -0.109 e. The standard InChI is InChI=1S/C50H34Si/c1-5-19-37(20-6-1)41-33-34-49(43-28-14-13-27-42(41)43)50-47-31-17-15-29-44(47)46(45-30-16-18-32-48(45)50)35-36-51(38-21-7-2-8-22-38,39-23-9-3-10-24-39)40-25-11-4-12-26-40/h1-34H. The summed E-state index contributed by atoms with van der Waals surface area (Å²) in [5.74, 6) is 3.93. The molecule has 51 heavy (non-hydrogen) atoms. The van der Waals surface area contributed by atoms with E-state index in [-0.39, 0.29) is 0 Å². The summed E-state index contributed by atoms with van der Waals surface area (Å²) >= 11 is 0. The number of rotatable bonds is 5. The topological polar surface area (TPSA) is 0 Å². The van der Waals surface area contributed by atoms with Gasteiger partial charge in [0, 0.05) is 5.56 Å². The molecule has 0 N–H and O–H groups in total. The Balaban J connectivity index is 1.35. The number of fused-ring (bicyclic) bond motifs is 3. The molecule has 0 saturated heterocycles. The molecule has 0 amide bonds. The Kier molecular flexibility index (Phi) is 7.86. The van der Waals surface area contributed by atoms with Crippen molar-refractivity contribution < 1.29 is 0 Å². The predicted octanol–water partition coefficient (Wildman–Crippen LogP) is 10.5. The maximum atomic E-state index is 4.09. The summed E-state index contributed by atoms with van der Waals surface area (Å²) in [5, 5.41) is 11.1. The fourth-order valence-corrected chi connectivity index (χ4v) is 11.7. The lowest BCUT2D eigenvalue weighted by molar-refractivity contribution is 1.64. The smallest absolute Gasteiger partial charge is 0.109 e. The van der Waals surface area contributed by atoms with Gasteiger partial charge in [-0.1, -0.05) is 212 Å². The zero-order valence-electron chi connectivity index (χ0n) is 28.1. The van der Waals surface area contributed by atoms with Crippen LogP contribution in [0.5, 0.6) is 0 Å². The second-order valence-corrected chi connectivity index (χ2v) is 16.5. The van der Waals surface area contributed by atoms with Crippen LogP contribution in [0.2, 0.25) is 0 Å². The van der Waals surface area contributed by atoms with Crippen molar-refractivity contribution in [1.82, 2.24) is 0 Å². The molecule has 1 heteroatoms. The molecule has 0 aromatic heterocycles. The molecular weight excluding hydrogens is 629 g/mol. The monoisotopic (exact) mass is 662 g/mol. The molecule has 0 atom stereocenters. The van der Waals surface area contributed by atoms with E-state index >= 15 is 0 Å². The highest BCUT2D eigenvalue weighted by Gasteiger charge is 2.38. The first-order valence-electron chi connectivity index (χ1n) is 17.5. The van der Waals surface area contributed by atoms with Crippen LogP contribution in [-0.2, 0) is 0 Å². The van der Waals surface area contributed by atoms with E-state index in [4.69, 9.17) is 0 Å². The summed E-state index contributed by atoms with van der Waals surface area (Å²) in [6.07, 6.45) is 0. The lowest BCUT2D eigenvalue weighted by Crippen LogP contribution is -2.66. The Bertz CT molecular complexity index is 2570. The van der Waals surface area contributed by atoms with Crippen LogP contribution in [0.3, 0.4) is 0 Å². The lowest BCUT2D eigenvalue weighted by Gasteiger charge is -2.28. The van der Waals surface area contributed by atoms with Gasteiger partial charge in [0.05, 0.1) is 0 Å². The first-order chi connectivity index (χ1) is 25.3. The molecule has 0 spiro atoms. The molecule has 238 valence electrons. The first-order valence-corrected chi connectivity index (χ1v) is 19.5. The molecule has 0 fully saturated rings. The average molecular weight is 663 g/mol. The summed E-state index contributed by atoms with van der Waals surface area (Å²) in [6.45, 7) is 0. The van der Waals surface area contributed by atoms with Gasteiger partial charge in [-0.2, -0.15) is 0 Å². The van der Waals surface area contributed by atoms with E-state index in [1.54, 1.807) is 0 Å². The number of hydrogen-bond donors (Lipinski definition) is 0. The highest BCUT2D eigenvalue weighted by atomic mass is 28.3. The van der Waals surface area contributed by atoms with Crippen molar-refractivity contribution in [2.75, 3.05) is 0 Å². The molecule has 9 aromatic carbocycles. The largest absolute Gasteiger partial charge is 0.230 e. The van der Waals surface area contributed by atoms with Crippen LogP contribution in [0.25, 0.3) is 54.6 Å². The van der Waals surface area contributed by atoms with E-state index < -0.39 is 8.07 Å². The van der Waals surface area contributed by atoms with E-state index in [9.17, 15) is 0 Å². The van der Waals surface area contributed by atoms with Gasteiger partial charge in [0.25, 0.3) is 0 Å². The maximum Gasteiger partial charge on any atom is 0.230 e. The molecule has 0 bridgehead atoms. The highest BCUT2D eigenvalue weighted by molar-refractivity contribution is 7.16. The number of benzene rings is 9. The Labute approximate surface area is 300 Å². The SMILES string of the molecule is C(#C[Si](c1ccccc1)(c1ccccc1)c1ccccc1)c1c2ccccc2c(-c2ccc(-c3ccccc3)c3ccccc23)c2ccccc12. The lowest BCUT2D eigenvalue weighted by atomic mass is 9.85. The molecule has 0 saturated carbocycles. The molecule has 0 heterocycles. The third-order valence-corrected chi connectivity index (χ3v) is 14.3. The van der Waals surface area contributed by atoms with Gasteiger partial charge in [0.2, 0.25) is 8.07 Å². The summed E-state index contributed by atoms with van der Waals surface area (Å²) < 4.78 is 0. The van der Waals surface area contributed by atoms with Crippen LogP contribution in [0.1, 0.15) is 5.56 Å². The fourth-order valence-electron chi connectivity index (χ4n) is 7.88. The van der Waals surface area contributed by atoms with Crippen molar-refractivity contribution in [3.05, 3.63) is 212 Å². The van der Waals surface area contributed by atoms with Crippen LogP contribution < -0.4 is 15.6 Å². The zero-order chi connectivity index (χ0) is 34.0. The Morgan fingerprint density at radius 1 is 0.294 bits per heavy atom. The fraction of sp³-hybridized carbons (Fsp3) is 0. The van der Waals surface area contributed by atoms with Gasteiger partial charge in [-0.05, 0) is 70.1 Å². The quantitative estimate of drug-likeness (QED) is 0.0745. The summed E-state index contributed by atoms with van der Waals surface area (Å²) in [6, 6.07) is 74.7. The normalized spacial score (nSPS) is 11.4. The van der Waals surface area contributed by atoms with Crippen molar-refractivity contribution in [2.24, 2.45) is 0 Å². The minimum absolute atomic E-state index is 1.08. The van der Waals surface area contributed by atoms with Gasteiger partial charge in [-0.3, -0.25) is 0 Å². The van der Waals surface area contributed by atoms with Crippen molar-refractivity contribution in [3.63, 3.8) is 0 Å². The van der Waals surface area contributed by atoms with Crippen LogP contribution in [0.4, 0.5) is 0 Å². The van der Waals surface area contributed by atoms with E-state index in [1.807, 2.05) is 0 Å². The molecular formula is C50H34Si. The summed E-state index contributed by atoms with van der Waals surface area (Å²) in [4.78, 5) is 0. The third-order valence-electron chi connectivity index (χ3n) is 10.2. The summed E-state index contributed by atoms with van der Waals surface area (Å²) in [5.41, 5.74) is 10.1. The minimum atomic E-state index is -2.79. The Morgan fingerprint density at radius 2 is 0.647 bits per heavy atom. The Morgan fingerprint density at radius 3 is 1.12 bits per heavy atom. The van der Waals surface area contributed by atoms with Gasteiger partial charge in [-0.25, -0.2) is 0 Å². The van der Waals surface area contributed by atoms with Gasteiger partial charge in [-0.15, -0.1) is 5.54 Å². The molecule has 9 rings (SSSR count). The molecule has 0 radical (unpaired) electrons. The van der Waals surface area contributed by atoms with Crippen LogP contribution >= 0.6 is 0 Å².